The van der Waals surface area contributed by atoms with E-state index in [0.29, 0.717) is 10.7 Å². The van der Waals surface area contributed by atoms with E-state index in [2.05, 4.69) is 17.2 Å². The summed E-state index contributed by atoms with van der Waals surface area (Å²) in [6.07, 6.45) is 0. The van der Waals surface area contributed by atoms with Crippen molar-refractivity contribution < 1.29 is 4.79 Å². The van der Waals surface area contributed by atoms with Gasteiger partial charge in [-0.25, -0.2) is 4.98 Å². The van der Waals surface area contributed by atoms with Gasteiger partial charge in [0.2, 0.25) is 0 Å². The fourth-order valence-electron chi connectivity index (χ4n) is 1.97. The molecule has 0 bridgehead atoms. The minimum atomic E-state index is -0.108. The first-order chi connectivity index (χ1) is 10.8. The maximum atomic E-state index is 12.5. The molecule has 0 aliphatic carbocycles. The number of hydrogen-bond acceptors (Lipinski definition) is 5. The Labute approximate surface area is 141 Å². The summed E-state index contributed by atoms with van der Waals surface area (Å²) < 4.78 is 0. The molecule has 2 aromatic heterocycles. The largest absolute Gasteiger partial charge is 0.298 e. The molecule has 0 unspecified atom stereocenters. The van der Waals surface area contributed by atoms with Crippen LogP contribution in [0.15, 0.2) is 52.1 Å². The van der Waals surface area contributed by atoms with Crippen molar-refractivity contribution in [2.45, 2.75) is 11.8 Å². The monoisotopic (exact) mass is 346 g/mol. The first-order valence-corrected chi connectivity index (χ1v) is 9.55. The van der Waals surface area contributed by atoms with Crippen molar-refractivity contribution in [1.29, 1.82) is 0 Å². The second-order valence-corrected chi connectivity index (χ2v) is 7.51. The van der Waals surface area contributed by atoms with E-state index in [1.807, 2.05) is 47.2 Å². The Morgan fingerprint density at radius 2 is 2.09 bits per heavy atom. The number of nitrogens with zero attached hydrogens (tertiary/aromatic N) is 1. The van der Waals surface area contributed by atoms with Gasteiger partial charge in [-0.05, 0) is 29.3 Å². The maximum absolute atomic E-state index is 12.5. The van der Waals surface area contributed by atoms with Crippen molar-refractivity contribution in [1.82, 2.24) is 4.98 Å². The van der Waals surface area contributed by atoms with Crippen LogP contribution in [-0.2, 0) is 0 Å². The smallest absolute Gasteiger partial charge is 0.258 e. The predicted octanol–water partition coefficient (Wildman–Crippen LogP) is 5.24. The van der Waals surface area contributed by atoms with Crippen LogP contribution in [-0.4, -0.2) is 16.6 Å². The number of carbonyl (C=O) groups excluding carboxylic acids is 1. The SMILES string of the molecule is CCSc1ccccc1C(=O)Nc1nc(-c2cccs2)cs1. The zero-order chi connectivity index (χ0) is 15.4. The first-order valence-electron chi connectivity index (χ1n) is 6.80. The molecule has 0 fully saturated rings. The maximum Gasteiger partial charge on any atom is 0.258 e. The lowest BCUT2D eigenvalue weighted by atomic mass is 10.2. The summed E-state index contributed by atoms with van der Waals surface area (Å²) in [6, 6.07) is 11.7. The Hall–Kier alpha value is -1.63. The van der Waals surface area contributed by atoms with E-state index < -0.39 is 0 Å². The predicted molar refractivity (Wildman–Crippen MR) is 96.2 cm³/mol. The van der Waals surface area contributed by atoms with Gasteiger partial charge in [0.15, 0.2) is 5.13 Å². The molecule has 2 heterocycles. The first kappa shape index (κ1) is 15.3. The van der Waals surface area contributed by atoms with Gasteiger partial charge in [0.05, 0.1) is 16.1 Å². The lowest BCUT2D eigenvalue weighted by Gasteiger charge is -2.07. The van der Waals surface area contributed by atoms with Crippen LogP contribution in [0.4, 0.5) is 5.13 Å². The molecule has 0 saturated carbocycles. The Balaban J connectivity index is 1.77. The number of thiophene rings is 1. The average molecular weight is 347 g/mol. The number of amides is 1. The molecule has 6 heteroatoms. The van der Waals surface area contributed by atoms with Gasteiger partial charge in [0, 0.05) is 10.3 Å². The van der Waals surface area contributed by atoms with Crippen LogP contribution in [0.2, 0.25) is 0 Å². The van der Waals surface area contributed by atoms with Gasteiger partial charge >= 0.3 is 0 Å². The van der Waals surface area contributed by atoms with E-state index in [1.54, 1.807) is 23.1 Å². The minimum Gasteiger partial charge on any atom is -0.298 e. The Morgan fingerprint density at radius 3 is 2.86 bits per heavy atom. The number of thiazole rings is 1. The highest BCUT2D eigenvalue weighted by Gasteiger charge is 2.13. The van der Waals surface area contributed by atoms with Crippen LogP contribution in [0.1, 0.15) is 17.3 Å². The normalized spacial score (nSPS) is 10.6. The molecule has 1 N–H and O–H groups in total. The lowest BCUT2D eigenvalue weighted by Crippen LogP contribution is -2.12. The highest BCUT2D eigenvalue weighted by Crippen LogP contribution is 2.29. The molecular weight excluding hydrogens is 332 g/mol. The second kappa shape index (κ2) is 7.09. The number of nitrogens with one attached hydrogen (secondary N) is 1. The van der Waals surface area contributed by atoms with E-state index in [0.717, 1.165) is 21.2 Å². The van der Waals surface area contributed by atoms with E-state index in [1.165, 1.54) is 11.3 Å². The van der Waals surface area contributed by atoms with Crippen molar-refractivity contribution in [3.63, 3.8) is 0 Å². The summed E-state index contributed by atoms with van der Waals surface area (Å²) in [5.41, 5.74) is 1.61. The summed E-state index contributed by atoms with van der Waals surface area (Å²) in [6.45, 7) is 2.08. The molecule has 1 aromatic carbocycles. The fraction of sp³-hybridized carbons (Fsp3) is 0.125. The number of thioether (sulfide) groups is 1. The van der Waals surface area contributed by atoms with Crippen molar-refractivity contribution in [2.24, 2.45) is 0 Å². The molecule has 22 heavy (non-hydrogen) atoms. The molecule has 0 saturated heterocycles. The van der Waals surface area contributed by atoms with Crippen LogP contribution in [0.3, 0.4) is 0 Å². The number of anilines is 1. The molecule has 3 rings (SSSR count). The molecule has 0 aliphatic heterocycles. The third kappa shape index (κ3) is 3.40. The number of carbonyl (C=O) groups is 1. The van der Waals surface area contributed by atoms with Crippen LogP contribution >= 0.6 is 34.4 Å². The van der Waals surface area contributed by atoms with Gasteiger partial charge in [0.25, 0.3) is 5.91 Å². The molecule has 0 spiro atoms. The van der Waals surface area contributed by atoms with Crippen molar-refractivity contribution in [3.05, 3.63) is 52.7 Å². The van der Waals surface area contributed by atoms with Crippen LogP contribution in [0.5, 0.6) is 0 Å². The third-order valence-electron chi connectivity index (χ3n) is 2.93. The molecule has 112 valence electrons. The van der Waals surface area contributed by atoms with Crippen LogP contribution in [0.25, 0.3) is 10.6 Å². The van der Waals surface area contributed by atoms with Gasteiger partial charge in [-0.2, -0.15) is 0 Å². The molecular formula is C16H14N2OS3. The Kier molecular flexibility index (Phi) is 4.92. The number of benzene rings is 1. The molecule has 0 atom stereocenters. The molecule has 0 aliphatic rings. The average Bonchev–Trinajstić information content (AvgIpc) is 3.19. The fourth-order valence-corrected chi connectivity index (χ4v) is 4.24. The number of hydrogen-bond donors (Lipinski definition) is 1. The standard InChI is InChI=1S/C16H14N2OS3/c1-2-20-13-7-4-3-6-11(13)15(19)18-16-17-12(10-22-16)14-8-5-9-21-14/h3-10H,2H2,1H3,(H,17,18,19). The molecule has 1 amide bonds. The Bertz CT molecular complexity index is 765. The summed E-state index contributed by atoms with van der Waals surface area (Å²) in [5, 5.41) is 7.51. The number of aromatic nitrogens is 1. The summed E-state index contributed by atoms with van der Waals surface area (Å²) in [5.74, 6) is 0.827. The summed E-state index contributed by atoms with van der Waals surface area (Å²) >= 11 is 4.76. The summed E-state index contributed by atoms with van der Waals surface area (Å²) in [4.78, 5) is 19.0. The van der Waals surface area contributed by atoms with E-state index >= 15 is 0 Å². The Morgan fingerprint density at radius 1 is 1.23 bits per heavy atom. The zero-order valence-corrected chi connectivity index (χ0v) is 14.4. The van der Waals surface area contributed by atoms with Gasteiger partial charge in [-0.15, -0.1) is 34.4 Å². The minimum absolute atomic E-state index is 0.108. The molecule has 3 aromatic rings. The lowest BCUT2D eigenvalue weighted by molar-refractivity contribution is 0.102. The van der Waals surface area contributed by atoms with Gasteiger partial charge in [0.1, 0.15) is 0 Å². The van der Waals surface area contributed by atoms with Crippen molar-refractivity contribution in [2.75, 3.05) is 11.1 Å². The number of rotatable bonds is 5. The molecule has 3 nitrogen and oxygen atoms in total. The van der Waals surface area contributed by atoms with E-state index in [4.69, 9.17) is 0 Å². The highest BCUT2D eigenvalue weighted by atomic mass is 32.2. The van der Waals surface area contributed by atoms with Gasteiger partial charge in [-0.3, -0.25) is 10.1 Å². The second-order valence-electron chi connectivity index (χ2n) is 4.40. The topological polar surface area (TPSA) is 42.0 Å². The summed E-state index contributed by atoms with van der Waals surface area (Å²) in [7, 11) is 0. The molecule has 0 radical (unpaired) electrons. The van der Waals surface area contributed by atoms with Crippen LogP contribution in [0, 0.1) is 0 Å². The highest BCUT2D eigenvalue weighted by molar-refractivity contribution is 7.99. The third-order valence-corrected chi connectivity index (χ3v) is 5.54. The van der Waals surface area contributed by atoms with E-state index in [9.17, 15) is 4.79 Å². The van der Waals surface area contributed by atoms with E-state index in [-0.39, 0.29) is 5.91 Å². The van der Waals surface area contributed by atoms with Crippen molar-refractivity contribution in [3.8, 4) is 10.6 Å². The van der Waals surface area contributed by atoms with Gasteiger partial charge in [-0.1, -0.05) is 25.1 Å². The zero-order valence-electron chi connectivity index (χ0n) is 11.9. The van der Waals surface area contributed by atoms with Crippen molar-refractivity contribution >= 4 is 45.5 Å². The van der Waals surface area contributed by atoms with Crippen LogP contribution < -0.4 is 5.32 Å². The van der Waals surface area contributed by atoms with Gasteiger partial charge < -0.3 is 0 Å². The quantitative estimate of drug-likeness (QED) is 0.643.